The van der Waals surface area contributed by atoms with Gasteiger partial charge in [-0.1, -0.05) is 11.6 Å². The summed E-state index contributed by atoms with van der Waals surface area (Å²) in [6.07, 6.45) is -3.69. The number of aryl methyl sites for hydroxylation is 1. The fourth-order valence-electron chi connectivity index (χ4n) is 4.58. The molecular weight excluding hydrogens is 485 g/mol. The highest BCUT2D eigenvalue weighted by Gasteiger charge is 2.38. The van der Waals surface area contributed by atoms with E-state index in [1.165, 1.54) is 6.07 Å². The summed E-state index contributed by atoms with van der Waals surface area (Å²) in [5.74, 6) is 0.112. The number of hydrogen-bond donors (Lipinski definition) is 2. The van der Waals surface area contributed by atoms with Crippen molar-refractivity contribution >= 4 is 39.9 Å². The molecule has 0 saturated carbocycles. The normalized spacial score (nSPS) is 19.3. The van der Waals surface area contributed by atoms with Gasteiger partial charge < -0.3 is 25.0 Å². The number of alkyl halides is 3. The Kier molecular flexibility index (Phi) is 6.10. The molecule has 2 aliphatic rings. The van der Waals surface area contributed by atoms with Gasteiger partial charge in [0.05, 0.1) is 10.5 Å². The number of anilines is 2. The van der Waals surface area contributed by atoms with E-state index >= 15 is 0 Å². The molecule has 2 N–H and O–H groups in total. The van der Waals surface area contributed by atoms with Crippen LogP contribution in [0.3, 0.4) is 0 Å². The number of ether oxygens (including phenoxy) is 2. The third-order valence-electron chi connectivity index (χ3n) is 6.13. The molecular formula is C24H22ClF3N4O3. The van der Waals surface area contributed by atoms with Crippen LogP contribution in [0.5, 0.6) is 11.5 Å². The Hall–Kier alpha value is -3.24. The monoisotopic (exact) mass is 506 g/mol. The van der Waals surface area contributed by atoms with Gasteiger partial charge in [0, 0.05) is 42.3 Å². The molecule has 2 atom stereocenters. The quantitative estimate of drug-likeness (QED) is 0.506. The highest BCUT2D eigenvalue weighted by molar-refractivity contribution is 6.32. The largest absolute Gasteiger partial charge is 0.573 e. The maximum absolute atomic E-state index is 12.4. The fraction of sp³-hybridized carbons (Fsp3) is 0.333. The zero-order chi connectivity index (χ0) is 24.7. The lowest BCUT2D eigenvalue weighted by molar-refractivity contribution is -0.274. The summed E-state index contributed by atoms with van der Waals surface area (Å²) in [7, 11) is 0. The van der Waals surface area contributed by atoms with E-state index < -0.39 is 18.0 Å². The molecule has 35 heavy (non-hydrogen) atoms. The molecule has 2 fully saturated rings. The number of benzene rings is 2. The number of carbonyl (C=O) groups excluding carboxylic acids is 1. The summed E-state index contributed by atoms with van der Waals surface area (Å²) in [6.45, 7) is 3.58. The van der Waals surface area contributed by atoms with Crippen molar-refractivity contribution in [3.63, 3.8) is 0 Å². The Bertz CT molecular complexity index is 1290. The first kappa shape index (κ1) is 23.5. The number of rotatable bonds is 6. The lowest BCUT2D eigenvalue weighted by atomic mass is 10.1. The minimum atomic E-state index is -4.83. The predicted molar refractivity (Wildman–Crippen MR) is 126 cm³/mol. The molecule has 2 unspecified atom stereocenters. The van der Waals surface area contributed by atoms with Gasteiger partial charge in [0.1, 0.15) is 17.3 Å². The van der Waals surface area contributed by atoms with Crippen LogP contribution in [0, 0.1) is 6.92 Å². The van der Waals surface area contributed by atoms with E-state index in [1.54, 1.807) is 6.07 Å². The van der Waals surface area contributed by atoms with Gasteiger partial charge in [0.15, 0.2) is 6.61 Å². The third kappa shape index (κ3) is 5.23. The highest BCUT2D eigenvalue weighted by Crippen LogP contribution is 2.33. The van der Waals surface area contributed by atoms with E-state index in [-0.39, 0.29) is 17.4 Å². The van der Waals surface area contributed by atoms with Crippen LogP contribution in [-0.4, -0.2) is 49.0 Å². The van der Waals surface area contributed by atoms with Crippen molar-refractivity contribution in [2.24, 2.45) is 0 Å². The molecule has 2 saturated heterocycles. The topological polar surface area (TPSA) is 75.7 Å². The summed E-state index contributed by atoms with van der Waals surface area (Å²) in [4.78, 5) is 19.6. The number of pyridine rings is 1. The zero-order valence-electron chi connectivity index (χ0n) is 18.7. The molecule has 2 aliphatic heterocycles. The van der Waals surface area contributed by atoms with Crippen LogP contribution in [0.2, 0.25) is 5.02 Å². The van der Waals surface area contributed by atoms with Crippen LogP contribution >= 0.6 is 11.6 Å². The van der Waals surface area contributed by atoms with Crippen molar-refractivity contribution < 1.29 is 27.4 Å². The molecule has 3 heterocycles. The first-order chi connectivity index (χ1) is 16.6. The van der Waals surface area contributed by atoms with Gasteiger partial charge in [0.25, 0.3) is 5.91 Å². The van der Waals surface area contributed by atoms with Crippen molar-refractivity contribution in [1.29, 1.82) is 0 Å². The standard InChI is InChI=1S/C24H22ClF3N4O3/c1-13-6-22(32-11-15-7-16(32)10-29-15)31-20-4-2-14(8-18(13)20)30-23(33)12-34-21-5-3-17(9-19(21)25)35-24(26,27)28/h2-6,8-9,15-16,29H,7,10-12H2,1H3,(H,30,33). The second-order valence-corrected chi connectivity index (χ2v) is 9.06. The van der Waals surface area contributed by atoms with Gasteiger partial charge in [-0.3, -0.25) is 4.79 Å². The first-order valence-electron chi connectivity index (χ1n) is 11.0. The molecule has 0 aliphatic carbocycles. The van der Waals surface area contributed by atoms with Crippen molar-refractivity contribution in [2.75, 3.05) is 29.9 Å². The summed E-state index contributed by atoms with van der Waals surface area (Å²) in [6, 6.07) is 11.8. The zero-order valence-corrected chi connectivity index (χ0v) is 19.4. The number of aromatic nitrogens is 1. The van der Waals surface area contributed by atoms with E-state index in [0.717, 1.165) is 53.9 Å². The van der Waals surface area contributed by atoms with Crippen LogP contribution < -0.4 is 25.0 Å². The molecule has 3 aromatic rings. The molecule has 5 rings (SSSR count). The van der Waals surface area contributed by atoms with Crippen molar-refractivity contribution in [3.05, 3.63) is 53.1 Å². The van der Waals surface area contributed by atoms with Crippen molar-refractivity contribution in [1.82, 2.24) is 10.3 Å². The van der Waals surface area contributed by atoms with E-state index in [4.69, 9.17) is 21.3 Å². The van der Waals surface area contributed by atoms with Gasteiger partial charge in [-0.05, 0) is 55.3 Å². The molecule has 0 spiro atoms. The first-order valence-corrected chi connectivity index (χ1v) is 11.4. The fourth-order valence-corrected chi connectivity index (χ4v) is 4.80. The van der Waals surface area contributed by atoms with Crippen LogP contribution in [0.25, 0.3) is 10.9 Å². The number of nitrogens with zero attached hydrogens (tertiary/aromatic N) is 2. The van der Waals surface area contributed by atoms with Crippen LogP contribution in [0.4, 0.5) is 24.7 Å². The highest BCUT2D eigenvalue weighted by atomic mass is 35.5. The SMILES string of the molecule is Cc1cc(N2CC3CC2CN3)nc2ccc(NC(=O)COc3ccc(OC(F)(F)F)cc3Cl)cc12. The van der Waals surface area contributed by atoms with Gasteiger partial charge in [0.2, 0.25) is 0 Å². The molecule has 0 radical (unpaired) electrons. The van der Waals surface area contributed by atoms with Gasteiger partial charge in [-0.25, -0.2) is 4.98 Å². The van der Waals surface area contributed by atoms with Gasteiger partial charge >= 0.3 is 6.36 Å². The van der Waals surface area contributed by atoms with E-state index in [1.807, 2.05) is 19.1 Å². The lowest BCUT2D eigenvalue weighted by Gasteiger charge is -2.29. The van der Waals surface area contributed by atoms with Gasteiger partial charge in [-0.15, -0.1) is 13.2 Å². The maximum Gasteiger partial charge on any atom is 0.573 e. The number of fused-ring (bicyclic) bond motifs is 3. The number of hydrogen-bond acceptors (Lipinski definition) is 6. The average Bonchev–Trinajstić information content (AvgIpc) is 3.42. The minimum absolute atomic E-state index is 0.0632. The Labute approximate surface area is 204 Å². The molecule has 2 aromatic carbocycles. The van der Waals surface area contributed by atoms with E-state index in [2.05, 4.69) is 26.3 Å². The number of piperazine rings is 1. The second-order valence-electron chi connectivity index (χ2n) is 8.65. The van der Waals surface area contributed by atoms with Crippen molar-refractivity contribution in [2.45, 2.75) is 31.8 Å². The number of amides is 1. The van der Waals surface area contributed by atoms with Crippen molar-refractivity contribution in [3.8, 4) is 11.5 Å². The Balaban J connectivity index is 1.23. The Morgan fingerprint density at radius 2 is 2.09 bits per heavy atom. The Morgan fingerprint density at radius 1 is 1.26 bits per heavy atom. The molecule has 1 amide bonds. The molecule has 2 bridgehead atoms. The van der Waals surface area contributed by atoms with Gasteiger partial charge in [-0.2, -0.15) is 0 Å². The number of nitrogens with one attached hydrogen (secondary N) is 2. The number of carbonyl (C=O) groups is 1. The van der Waals surface area contributed by atoms with Crippen LogP contribution in [0.15, 0.2) is 42.5 Å². The summed E-state index contributed by atoms with van der Waals surface area (Å²) < 4.78 is 46.1. The second kappa shape index (κ2) is 9.09. The number of halogens is 4. The molecule has 1 aromatic heterocycles. The summed E-state index contributed by atoms with van der Waals surface area (Å²) in [5.41, 5.74) is 2.48. The van der Waals surface area contributed by atoms with E-state index in [9.17, 15) is 18.0 Å². The smallest absolute Gasteiger partial charge is 0.482 e. The lowest BCUT2D eigenvalue weighted by Crippen LogP contribution is -2.44. The minimum Gasteiger partial charge on any atom is -0.482 e. The Morgan fingerprint density at radius 3 is 2.77 bits per heavy atom. The third-order valence-corrected chi connectivity index (χ3v) is 6.43. The molecule has 7 nitrogen and oxygen atoms in total. The summed E-state index contributed by atoms with van der Waals surface area (Å²) >= 11 is 5.95. The maximum atomic E-state index is 12.4. The summed E-state index contributed by atoms with van der Waals surface area (Å²) in [5, 5.41) is 7.07. The predicted octanol–water partition coefficient (Wildman–Crippen LogP) is 4.66. The average molecular weight is 507 g/mol. The van der Waals surface area contributed by atoms with Crippen LogP contribution in [0.1, 0.15) is 12.0 Å². The van der Waals surface area contributed by atoms with Crippen LogP contribution in [-0.2, 0) is 4.79 Å². The van der Waals surface area contributed by atoms with E-state index in [0.29, 0.717) is 17.8 Å². The molecule has 11 heteroatoms. The molecule has 184 valence electrons.